The van der Waals surface area contributed by atoms with E-state index in [1.54, 1.807) is 6.33 Å². The molecule has 5 nitrogen and oxygen atoms in total. The highest BCUT2D eigenvalue weighted by Crippen LogP contribution is 2.53. The average molecular weight is 278 g/mol. The van der Waals surface area contributed by atoms with E-state index in [0.717, 1.165) is 44.7 Å². The van der Waals surface area contributed by atoms with E-state index >= 15 is 0 Å². The van der Waals surface area contributed by atoms with Crippen LogP contribution < -0.4 is 0 Å². The fourth-order valence-corrected chi connectivity index (χ4v) is 3.66. The van der Waals surface area contributed by atoms with Gasteiger partial charge >= 0.3 is 0 Å². The third-order valence-corrected chi connectivity index (χ3v) is 5.43. The minimum Gasteiger partial charge on any atom is -0.379 e. The Bertz CT molecular complexity index is 412. The van der Waals surface area contributed by atoms with Crippen LogP contribution in [0.2, 0.25) is 0 Å². The van der Waals surface area contributed by atoms with Crippen LogP contribution in [0.4, 0.5) is 0 Å². The van der Waals surface area contributed by atoms with Crippen molar-refractivity contribution in [1.29, 1.82) is 0 Å². The van der Waals surface area contributed by atoms with Crippen molar-refractivity contribution in [2.45, 2.75) is 33.2 Å². The number of hydrogen-bond acceptors (Lipinski definition) is 4. The number of aryl methyl sites for hydroxylation is 1. The maximum absolute atomic E-state index is 5.43. The van der Waals surface area contributed by atoms with Crippen LogP contribution in [0, 0.1) is 17.3 Å². The Hall–Kier alpha value is -0.940. The van der Waals surface area contributed by atoms with Gasteiger partial charge in [0.2, 0.25) is 0 Å². The van der Waals surface area contributed by atoms with E-state index in [9.17, 15) is 0 Å². The zero-order valence-corrected chi connectivity index (χ0v) is 12.7. The molecule has 1 aliphatic carbocycles. The predicted octanol–water partition coefficient (Wildman–Crippen LogP) is 1.66. The first-order valence-electron chi connectivity index (χ1n) is 7.79. The van der Waals surface area contributed by atoms with E-state index in [1.165, 1.54) is 19.4 Å². The summed E-state index contributed by atoms with van der Waals surface area (Å²) in [6, 6.07) is 0. The Morgan fingerprint density at radius 2 is 2.05 bits per heavy atom. The number of nitrogens with zero attached hydrogens (tertiary/aromatic N) is 4. The lowest BCUT2D eigenvalue weighted by atomic mass is 9.53. The molecule has 0 aromatic carbocycles. The van der Waals surface area contributed by atoms with Crippen LogP contribution in [0.25, 0.3) is 0 Å². The van der Waals surface area contributed by atoms with Gasteiger partial charge in [0, 0.05) is 26.2 Å². The van der Waals surface area contributed by atoms with Gasteiger partial charge in [-0.2, -0.15) is 5.10 Å². The molecule has 1 aromatic heterocycles. The molecule has 1 aromatic rings. The van der Waals surface area contributed by atoms with Crippen LogP contribution in [-0.4, -0.2) is 52.5 Å². The third-order valence-electron chi connectivity index (χ3n) is 5.43. The van der Waals surface area contributed by atoms with Gasteiger partial charge in [0.25, 0.3) is 0 Å². The molecule has 5 heteroatoms. The third kappa shape index (κ3) is 2.88. The first-order valence-corrected chi connectivity index (χ1v) is 7.79. The summed E-state index contributed by atoms with van der Waals surface area (Å²) in [5, 5.41) is 4.19. The van der Waals surface area contributed by atoms with Crippen LogP contribution in [0.5, 0.6) is 0 Å². The summed E-state index contributed by atoms with van der Waals surface area (Å²) in [7, 11) is 0. The molecule has 0 spiro atoms. The standard InChI is InChI=1S/C15H26N4O/c1-15(2)13(3-4-19-12-16-11-17-19)9-14(15)10-18-5-7-20-8-6-18/h11-14H,3-10H2,1-2H3/t13-,14-/m0/s1. The molecule has 1 saturated heterocycles. The van der Waals surface area contributed by atoms with Gasteiger partial charge in [-0.15, -0.1) is 0 Å². The monoisotopic (exact) mass is 278 g/mol. The molecule has 2 fully saturated rings. The van der Waals surface area contributed by atoms with Crippen molar-refractivity contribution in [1.82, 2.24) is 19.7 Å². The predicted molar refractivity (Wildman–Crippen MR) is 77.3 cm³/mol. The molecule has 0 radical (unpaired) electrons. The van der Waals surface area contributed by atoms with E-state index in [1.807, 2.05) is 11.0 Å². The molecule has 0 bridgehead atoms. The fraction of sp³-hybridized carbons (Fsp3) is 0.867. The van der Waals surface area contributed by atoms with Gasteiger partial charge in [-0.25, -0.2) is 4.98 Å². The van der Waals surface area contributed by atoms with Crippen LogP contribution in [-0.2, 0) is 11.3 Å². The maximum Gasteiger partial charge on any atom is 0.137 e. The van der Waals surface area contributed by atoms with Crippen molar-refractivity contribution >= 4 is 0 Å². The SMILES string of the molecule is CC1(C)[C@@H](CCn2cncn2)C[C@H]1CN1CCOCC1. The summed E-state index contributed by atoms with van der Waals surface area (Å²) in [5.74, 6) is 1.65. The topological polar surface area (TPSA) is 43.2 Å². The quantitative estimate of drug-likeness (QED) is 0.821. The summed E-state index contributed by atoms with van der Waals surface area (Å²) < 4.78 is 7.38. The molecular formula is C15H26N4O. The molecule has 2 atom stereocenters. The van der Waals surface area contributed by atoms with Crippen LogP contribution in [0.15, 0.2) is 12.7 Å². The highest BCUT2D eigenvalue weighted by atomic mass is 16.5. The number of hydrogen-bond donors (Lipinski definition) is 0. The summed E-state index contributed by atoms with van der Waals surface area (Å²) in [4.78, 5) is 6.58. The molecule has 2 heterocycles. The van der Waals surface area contributed by atoms with Crippen molar-refractivity contribution < 1.29 is 4.74 Å². The van der Waals surface area contributed by atoms with Crippen LogP contribution in [0.1, 0.15) is 26.7 Å². The van der Waals surface area contributed by atoms with Gasteiger partial charge in [-0.3, -0.25) is 9.58 Å². The van der Waals surface area contributed by atoms with Crippen molar-refractivity contribution in [3.05, 3.63) is 12.7 Å². The number of morpholine rings is 1. The number of rotatable bonds is 5. The Kier molecular flexibility index (Phi) is 4.08. The average Bonchev–Trinajstić information content (AvgIpc) is 2.96. The van der Waals surface area contributed by atoms with Crippen LogP contribution in [0.3, 0.4) is 0 Å². The summed E-state index contributed by atoms with van der Waals surface area (Å²) in [5.41, 5.74) is 0.457. The summed E-state index contributed by atoms with van der Waals surface area (Å²) >= 11 is 0. The van der Waals surface area contributed by atoms with Gasteiger partial charge < -0.3 is 4.74 Å². The normalized spacial score (nSPS) is 30.1. The second kappa shape index (κ2) is 5.82. The highest BCUT2D eigenvalue weighted by Gasteiger charge is 2.47. The van der Waals surface area contributed by atoms with E-state index < -0.39 is 0 Å². The zero-order valence-electron chi connectivity index (χ0n) is 12.7. The molecule has 3 rings (SSSR count). The Morgan fingerprint density at radius 3 is 2.70 bits per heavy atom. The second-order valence-electron chi connectivity index (χ2n) is 6.81. The summed E-state index contributed by atoms with van der Waals surface area (Å²) in [6.45, 7) is 11.1. The minimum absolute atomic E-state index is 0.457. The minimum atomic E-state index is 0.457. The first-order chi connectivity index (χ1) is 9.66. The van der Waals surface area contributed by atoms with Crippen molar-refractivity contribution in [3.8, 4) is 0 Å². The molecule has 20 heavy (non-hydrogen) atoms. The van der Waals surface area contributed by atoms with E-state index in [4.69, 9.17) is 4.74 Å². The zero-order chi connectivity index (χ0) is 14.0. The van der Waals surface area contributed by atoms with Gasteiger partial charge in [-0.05, 0) is 30.1 Å². The molecular weight excluding hydrogens is 252 g/mol. The highest BCUT2D eigenvalue weighted by molar-refractivity contribution is 4.97. The Labute approximate surface area is 121 Å². The van der Waals surface area contributed by atoms with Gasteiger partial charge in [0.05, 0.1) is 13.2 Å². The largest absolute Gasteiger partial charge is 0.379 e. The molecule has 0 unspecified atom stereocenters. The van der Waals surface area contributed by atoms with Gasteiger partial charge in [0.15, 0.2) is 0 Å². The van der Waals surface area contributed by atoms with Gasteiger partial charge in [-0.1, -0.05) is 13.8 Å². The van der Waals surface area contributed by atoms with E-state index in [-0.39, 0.29) is 0 Å². The lowest BCUT2D eigenvalue weighted by Crippen LogP contribution is -2.52. The first kappa shape index (κ1) is 14.0. The Balaban J connectivity index is 1.46. The molecule has 1 saturated carbocycles. The molecule has 112 valence electrons. The van der Waals surface area contributed by atoms with Crippen molar-refractivity contribution in [2.75, 3.05) is 32.8 Å². The summed E-state index contributed by atoms with van der Waals surface area (Å²) in [6.07, 6.45) is 6.01. The molecule has 1 aliphatic heterocycles. The fourth-order valence-electron chi connectivity index (χ4n) is 3.66. The molecule has 0 amide bonds. The van der Waals surface area contributed by atoms with Crippen LogP contribution >= 0.6 is 0 Å². The van der Waals surface area contributed by atoms with Crippen molar-refractivity contribution in [3.63, 3.8) is 0 Å². The smallest absolute Gasteiger partial charge is 0.137 e. The second-order valence-corrected chi connectivity index (χ2v) is 6.81. The molecule has 0 N–H and O–H groups in total. The van der Waals surface area contributed by atoms with E-state index in [0.29, 0.717) is 5.41 Å². The number of aromatic nitrogens is 3. The lowest BCUT2D eigenvalue weighted by Gasteiger charge is -2.54. The maximum atomic E-state index is 5.43. The lowest BCUT2D eigenvalue weighted by molar-refractivity contribution is -0.0618. The molecule has 2 aliphatic rings. The van der Waals surface area contributed by atoms with Gasteiger partial charge in [0.1, 0.15) is 12.7 Å². The Morgan fingerprint density at radius 1 is 1.25 bits per heavy atom. The van der Waals surface area contributed by atoms with Crippen molar-refractivity contribution in [2.24, 2.45) is 17.3 Å². The number of ether oxygens (including phenoxy) is 1. The van der Waals surface area contributed by atoms with E-state index in [2.05, 4.69) is 28.8 Å².